The summed E-state index contributed by atoms with van der Waals surface area (Å²) in [7, 11) is 2.01. The highest BCUT2D eigenvalue weighted by molar-refractivity contribution is 5.86. The molecule has 1 fully saturated rings. The predicted molar refractivity (Wildman–Crippen MR) is 89.8 cm³/mol. The number of carbonyl (C=O) groups is 1. The van der Waals surface area contributed by atoms with E-state index in [0.29, 0.717) is 12.5 Å². The molecule has 1 aliphatic heterocycles. The zero-order chi connectivity index (χ0) is 16.9. The second kappa shape index (κ2) is 7.27. The van der Waals surface area contributed by atoms with Gasteiger partial charge in [0.25, 0.3) is 0 Å². The van der Waals surface area contributed by atoms with E-state index in [4.69, 9.17) is 5.26 Å². The third kappa shape index (κ3) is 3.46. The van der Waals surface area contributed by atoms with E-state index in [2.05, 4.69) is 30.3 Å². The van der Waals surface area contributed by atoms with E-state index in [9.17, 15) is 4.79 Å². The largest absolute Gasteiger partial charge is 0.355 e. The van der Waals surface area contributed by atoms with E-state index >= 15 is 0 Å². The van der Waals surface area contributed by atoms with Crippen molar-refractivity contribution in [1.29, 1.82) is 5.26 Å². The van der Waals surface area contributed by atoms with Crippen LogP contribution in [0, 0.1) is 17.2 Å². The Morgan fingerprint density at radius 3 is 3.29 bits per heavy atom. The average Bonchev–Trinajstić information content (AvgIpc) is 3.08. The molecule has 1 aliphatic rings. The fraction of sp³-hybridized carbons (Fsp3) is 0.500. The molecule has 1 unspecified atom stereocenters. The second-order valence-electron chi connectivity index (χ2n) is 6.02. The first-order valence-electron chi connectivity index (χ1n) is 8.09. The van der Waals surface area contributed by atoms with E-state index in [1.807, 2.05) is 25.4 Å². The van der Waals surface area contributed by atoms with E-state index in [1.54, 1.807) is 6.33 Å². The first kappa shape index (κ1) is 16.2. The normalized spacial score (nSPS) is 18.2. The fourth-order valence-corrected chi connectivity index (χ4v) is 3.13. The quantitative estimate of drug-likeness (QED) is 0.851. The number of amides is 1. The Morgan fingerprint density at radius 2 is 2.46 bits per heavy atom. The molecule has 126 valence electrons. The fourth-order valence-electron chi connectivity index (χ4n) is 3.13. The van der Waals surface area contributed by atoms with Crippen molar-refractivity contribution < 1.29 is 4.79 Å². The lowest BCUT2D eigenvalue weighted by Gasteiger charge is -2.39. The van der Waals surface area contributed by atoms with Gasteiger partial charge in [0.2, 0.25) is 5.91 Å². The van der Waals surface area contributed by atoms with Crippen LogP contribution in [0.5, 0.6) is 0 Å². The zero-order valence-corrected chi connectivity index (χ0v) is 13.7. The number of nitrogens with zero attached hydrogens (tertiary/aromatic N) is 5. The molecular formula is C16H21N7O. The number of rotatable bonds is 5. The van der Waals surface area contributed by atoms with E-state index in [1.165, 1.54) is 0 Å². The van der Waals surface area contributed by atoms with Crippen LogP contribution in [0.25, 0.3) is 11.0 Å². The Morgan fingerprint density at radius 1 is 1.58 bits per heavy atom. The van der Waals surface area contributed by atoms with Gasteiger partial charge in [0, 0.05) is 32.9 Å². The molecule has 0 bridgehead atoms. The minimum Gasteiger partial charge on any atom is -0.355 e. The molecule has 0 aliphatic carbocycles. The number of aromatic amines is 1. The van der Waals surface area contributed by atoms with Gasteiger partial charge in [-0.15, -0.1) is 0 Å². The number of nitriles is 1. The molecule has 3 heterocycles. The Kier molecular flexibility index (Phi) is 4.91. The van der Waals surface area contributed by atoms with Gasteiger partial charge in [-0.1, -0.05) is 0 Å². The summed E-state index contributed by atoms with van der Waals surface area (Å²) in [5.74, 6) is 1.04. The molecule has 0 spiro atoms. The van der Waals surface area contributed by atoms with E-state index < -0.39 is 0 Å². The lowest BCUT2D eigenvalue weighted by molar-refractivity contribution is -0.120. The summed E-state index contributed by atoms with van der Waals surface area (Å²) in [5, 5.41) is 16.7. The van der Waals surface area contributed by atoms with Gasteiger partial charge < -0.3 is 10.3 Å². The van der Waals surface area contributed by atoms with Crippen LogP contribution < -0.4 is 10.3 Å². The Labute approximate surface area is 140 Å². The third-order valence-electron chi connectivity index (χ3n) is 4.39. The first-order valence-corrected chi connectivity index (χ1v) is 8.09. The SMILES string of the molecule is CN(c1ncnc2[nH]ccc12)N1CCCC(CNC(=O)CC#N)C1. The average molecular weight is 327 g/mol. The van der Waals surface area contributed by atoms with Gasteiger partial charge in [0.05, 0.1) is 11.5 Å². The number of hydrazine groups is 1. The summed E-state index contributed by atoms with van der Waals surface area (Å²) >= 11 is 0. The summed E-state index contributed by atoms with van der Waals surface area (Å²) in [6.45, 7) is 2.41. The molecule has 2 aromatic rings. The molecule has 0 radical (unpaired) electrons. The highest BCUT2D eigenvalue weighted by Gasteiger charge is 2.24. The molecule has 3 rings (SSSR count). The van der Waals surface area contributed by atoms with Crippen LogP contribution in [0.4, 0.5) is 5.82 Å². The summed E-state index contributed by atoms with van der Waals surface area (Å²) in [5.41, 5.74) is 0.823. The topological polar surface area (TPSA) is 101 Å². The summed E-state index contributed by atoms with van der Waals surface area (Å²) in [6.07, 6.45) is 5.47. The van der Waals surface area contributed by atoms with Crippen LogP contribution in [-0.2, 0) is 4.79 Å². The molecule has 24 heavy (non-hydrogen) atoms. The third-order valence-corrected chi connectivity index (χ3v) is 4.39. The monoisotopic (exact) mass is 327 g/mol. The van der Waals surface area contributed by atoms with Crippen molar-refractivity contribution in [3.63, 3.8) is 0 Å². The van der Waals surface area contributed by atoms with Gasteiger partial charge in [0.15, 0.2) is 5.82 Å². The second-order valence-corrected chi connectivity index (χ2v) is 6.02. The van der Waals surface area contributed by atoms with Crippen LogP contribution in [0.3, 0.4) is 0 Å². The van der Waals surface area contributed by atoms with Gasteiger partial charge in [0.1, 0.15) is 18.4 Å². The van der Waals surface area contributed by atoms with E-state index in [-0.39, 0.29) is 12.3 Å². The molecule has 8 nitrogen and oxygen atoms in total. The molecule has 0 saturated carbocycles. The highest BCUT2D eigenvalue weighted by atomic mass is 16.1. The summed E-state index contributed by atoms with van der Waals surface area (Å²) < 4.78 is 0. The van der Waals surface area contributed by atoms with Crippen LogP contribution in [0.15, 0.2) is 18.6 Å². The number of hydrogen-bond donors (Lipinski definition) is 2. The standard InChI is InChI=1S/C16H21N7O/c1-22(16-13-5-7-18-15(13)20-11-21-16)23-8-2-3-12(10-23)9-19-14(24)4-6-17/h5,7,11-12H,2-4,8-10H2,1H3,(H,19,24)(H,18,20,21). The molecule has 1 amide bonds. The number of anilines is 1. The maximum Gasteiger partial charge on any atom is 0.234 e. The van der Waals surface area contributed by atoms with Crippen molar-refractivity contribution in [3.8, 4) is 6.07 Å². The number of aromatic nitrogens is 3. The zero-order valence-electron chi connectivity index (χ0n) is 13.7. The van der Waals surface area contributed by atoms with Crippen LogP contribution >= 0.6 is 0 Å². The molecule has 8 heteroatoms. The van der Waals surface area contributed by atoms with Crippen molar-refractivity contribution in [2.75, 3.05) is 31.7 Å². The van der Waals surface area contributed by atoms with Gasteiger partial charge in [-0.3, -0.25) is 9.80 Å². The van der Waals surface area contributed by atoms with Gasteiger partial charge in [-0.25, -0.2) is 15.0 Å². The van der Waals surface area contributed by atoms with Crippen LogP contribution in [0.2, 0.25) is 0 Å². The molecule has 2 aromatic heterocycles. The number of nitrogens with one attached hydrogen (secondary N) is 2. The lowest BCUT2D eigenvalue weighted by Crippen LogP contribution is -2.48. The predicted octanol–water partition coefficient (Wildman–Crippen LogP) is 1.05. The molecule has 1 saturated heterocycles. The van der Waals surface area contributed by atoms with Gasteiger partial charge >= 0.3 is 0 Å². The van der Waals surface area contributed by atoms with Crippen molar-refractivity contribution in [2.45, 2.75) is 19.3 Å². The maximum atomic E-state index is 11.5. The Bertz CT molecular complexity index is 750. The van der Waals surface area contributed by atoms with Crippen molar-refractivity contribution >= 4 is 22.8 Å². The number of hydrogen-bond acceptors (Lipinski definition) is 6. The minimum atomic E-state index is -0.201. The van der Waals surface area contributed by atoms with Gasteiger partial charge in [-0.05, 0) is 24.8 Å². The number of carbonyl (C=O) groups excluding carboxylic acids is 1. The highest BCUT2D eigenvalue weighted by Crippen LogP contribution is 2.25. The molecule has 1 atom stereocenters. The molecular weight excluding hydrogens is 306 g/mol. The number of fused-ring (bicyclic) bond motifs is 1. The first-order chi connectivity index (χ1) is 11.7. The number of piperidine rings is 1. The smallest absolute Gasteiger partial charge is 0.234 e. The summed E-state index contributed by atoms with van der Waals surface area (Å²) in [4.78, 5) is 23.2. The number of H-pyrrole nitrogens is 1. The Hall–Kier alpha value is -2.66. The maximum absolute atomic E-state index is 11.5. The molecule has 0 aromatic carbocycles. The van der Waals surface area contributed by atoms with Crippen LogP contribution in [0.1, 0.15) is 19.3 Å². The van der Waals surface area contributed by atoms with E-state index in [0.717, 1.165) is 42.8 Å². The minimum absolute atomic E-state index is 0.0806. The van der Waals surface area contributed by atoms with Crippen molar-refractivity contribution in [1.82, 2.24) is 25.3 Å². The summed E-state index contributed by atoms with van der Waals surface area (Å²) in [6, 6.07) is 3.85. The Balaban J connectivity index is 1.65. The lowest BCUT2D eigenvalue weighted by atomic mass is 9.99. The van der Waals surface area contributed by atoms with Gasteiger partial charge in [-0.2, -0.15) is 5.26 Å². The van der Waals surface area contributed by atoms with Crippen LogP contribution in [-0.4, -0.2) is 52.5 Å². The van der Waals surface area contributed by atoms with Crippen molar-refractivity contribution in [2.24, 2.45) is 5.92 Å². The van der Waals surface area contributed by atoms with Crippen molar-refractivity contribution in [3.05, 3.63) is 18.6 Å². The molecule has 2 N–H and O–H groups in total.